The average molecular weight is 521 g/mol. The fourth-order valence-electron chi connectivity index (χ4n) is 4.38. The minimum atomic E-state index is -1.58. The summed E-state index contributed by atoms with van der Waals surface area (Å²) in [7, 11) is 1.35. The maximum Gasteiger partial charge on any atom is 0.410 e. The van der Waals surface area contributed by atoms with Crippen LogP contribution in [0.3, 0.4) is 0 Å². The van der Waals surface area contributed by atoms with Crippen molar-refractivity contribution >= 4 is 34.7 Å². The van der Waals surface area contributed by atoms with E-state index in [1.165, 1.54) is 12.0 Å². The van der Waals surface area contributed by atoms with Crippen LogP contribution in [0.1, 0.15) is 39.2 Å². The predicted octanol–water partition coefficient (Wildman–Crippen LogP) is 4.28. The maximum atomic E-state index is 14.1. The van der Waals surface area contributed by atoms with E-state index in [9.17, 15) is 14.4 Å². The molecule has 0 bridgehead atoms. The van der Waals surface area contributed by atoms with Gasteiger partial charge in [0.2, 0.25) is 0 Å². The van der Waals surface area contributed by atoms with Gasteiger partial charge in [-0.3, -0.25) is 24.4 Å². The van der Waals surface area contributed by atoms with Crippen molar-refractivity contribution in [3.63, 3.8) is 0 Å². The molecule has 4 rings (SSSR count). The number of aromatic nitrogens is 2. The number of amides is 2. The van der Waals surface area contributed by atoms with Crippen molar-refractivity contribution in [2.45, 2.75) is 45.8 Å². The van der Waals surface area contributed by atoms with Crippen LogP contribution in [-0.4, -0.2) is 58.6 Å². The topological polar surface area (TPSA) is 111 Å². The van der Waals surface area contributed by atoms with Gasteiger partial charge in [0.15, 0.2) is 5.41 Å². The molecular formula is C28H32N4O6. The highest BCUT2D eigenvalue weighted by atomic mass is 16.7. The first-order valence-corrected chi connectivity index (χ1v) is 12.4. The average Bonchev–Trinajstić information content (AvgIpc) is 2.92. The monoisotopic (exact) mass is 520 g/mol. The third-order valence-corrected chi connectivity index (χ3v) is 6.34. The minimum absolute atomic E-state index is 0.0392. The summed E-state index contributed by atoms with van der Waals surface area (Å²) in [5, 5.41) is 1.07. The van der Waals surface area contributed by atoms with Crippen molar-refractivity contribution in [2.24, 2.45) is 5.41 Å². The summed E-state index contributed by atoms with van der Waals surface area (Å²) in [6.45, 7) is 5.62. The number of pyridine rings is 2. The molecule has 0 N–H and O–H groups in total. The quantitative estimate of drug-likeness (QED) is 0.269. The van der Waals surface area contributed by atoms with Crippen LogP contribution in [0.15, 0.2) is 60.9 Å². The first kappa shape index (κ1) is 27.0. The van der Waals surface area contributed by atoms with Crippen LogP contribution in [0.25, 0.3) is 11.0 Å². The van der Waals surface area contributed by atoms with Gasteiger partial charge in [0.1, 0.15) is 23.4 Å². The van der Waals surface area contributed by atoms with Crippen molar-refractivity contribution < 1.29 is 28.7 Å². The molecule has 38 heavy (non-hydrogen) atoms. The molecule has 200 valence electrons. The van der Waals surface area contributed by atoms with Crippen LogP contribution in [0, 0.1) is 5.41 Å². The summed E-state index contributed by atoms with van der Waals surface area (Å²) >= 11 is 0. The lowest BCUT2D eigenvalue weighted by molar-refractivity contribution is -0.175. The minimum Gasteiger partial charge on any atom is -0.459 e. The highest BCUT2D eigenvalue weighted by Crippen LogP contribution is 2.39. The molecule has 0 unspecified atom stereocenters. The van der Waals surface area contributed by atoms with Crippen LogP contribution in [0.5, 0.6) is 0 Å². The lowest BCUT2D eigenvalue weighted by Crippen LogP contribution is -2.56. The summed E-state index contributed by atoms with van der Waals surface area (Å²) in [5.74, 6) is -1.26. The summed E-state index contributed by atoms with van der Waals surface area (Å²) in [4.78, 5) is 56.2. The van der Waals surface area contributed by atoms with Gasteiger partial charge < -0.3 is 14.4 Å². The lowest BCUT2D eigenvalue weighted by Gasteiger charge is -2.41. The van der Waals surface area contributed by atoms with Crippen molar-refractivity contribution in [1.82, 2.24) is 14.9 Å². The molecule has 1 aliphatic rings. The second-order valence-corrected chi connectivity index (χ2v) is 10.1. The normalized spacial score (nSPS) is 15.1. The number of hydroxylamine groups is 1. The van der Waals surface area contributed by atoms with Crippen molar-refractivity contribution in [2.75, 3.05) is 25.3 Å². The number of hydrogen-bond donors (Lipinski definition) is 0. The molecule has 0 aliphatic carbocycles. The molecule has 2 amide bonds. The highest BCUT2D eigenvalue weighted by molar-refractivity contribution is 6.11. The number of rotatable bonds is 6. The van der Waals surface area contributed by atoms with E-state index in [0.717, 1.165) is 10.6 Å². The predicted molar refractivity (Wildman–Crippen MR) is 140 cm³/mol. The van der Waals surface area contributed by atoms with Gasteiger partial charge in [-0.15, -0.1) is 0 Å². The molecule has 2 aromatic heterocycles. The van der Waals surface area contributed by atoms with E-state index in [1.54, 1.807) is 51.4 Å². The van der Waals surface area contributed by atoms with Crippen LogP contribution in [0.2, 0.25) is 0 Å². The Kier molecular flexibility index (Phi) is 7.91. The number of anilines is 1. The number of fused-ring (bicyclic) bond motifs is 1. The summed E-state index contributed by atoms with van der Waals surface area (Å²) in [5.41, 5.74) is -0.155. The molecule has 3 heterocycles. The number of benzene rings is 1. The summed E-state index contributed by atoms with van der Waals surface area (Å²) < 4.78 is 11.2. The summed E-state index contributed by atoms with van der Waals surface area (Å²) in [6.07, 6.45) is 2.71. The van der Waals surface area contributed by atoms with Crippen LogP contribution < -0.4 is 5.06 Å². The third-order valence-electron chi connectivity index (χ3n) is 6.34. The Bertz CT molecular complexity index is 1290. The standard InChI is InChI=1S/C28H32N4O6/c1-27(2,3)38-25(34)28(13-17-31(18-14-28)26(35)37-19-20-9-6-5-7-10-20)24(33)32(36-4)22-12-16-29-21-11-8-15-30-23(21)22/h5-12,15-16H,13-14,17-19H2,1-4H3. The maximum absolute atomic E-state index is 14.1. The Hall–Kier alpha value is -4.05. The number of hydrogen-bond acceptors (Lipinski definition) is 8. The molecule has 1 saturated heterocycles. The van der Waals surface area contributed by atoms with Crippen molar-refractivity contribution in [3.05, 3.63) is 66.5 Å². The Morgan fingerprint density at radius 1 is 0.974 bits per heavy atom. The molecule has 1 aromatic carbocycles. The molecule has 1 aliphatic heterocycles. The van der Waals surface area contributed by atoms with Gasteiger partial charge in [0.25, 0.3) is 5.91 Å². The molecule has 0 saturated carbocycles. The Morgan fingerprint density at radius 2 is 1.68 bits per heavy atom. The van der Waals surface area contributed by atoms with E-state index < -0.39 is 29.0 Å². The van der Waals surface area contributed by atoms with E-state index in [2.05, 4.69) is 9.97 Å². The highest BCUT2D eigenvalue weighted by Gasteiger charge is 2.53. The first-order chi connectivity index (χ1) is 18.1. The molecule has 10 nitrogen and oxygen atoms in total. The van der Waals surface area contributed by atoms with E-state index in [1.807, 2.05) is 30.3 Å². The van der Waals surface area contributed by atoms with Gasteiger partial charge in [-0.1, -0.05) is 30.3 Å². The number of piperidine rings is 1. The van der Waals surface area contributed by atoms with Gasteiger partial charge in [-0.05, 0) is 57.4 Å². The van der Waals surface area contributed by atoms with Crippen LogP contribution in [-0.2, 0) is 30.5 Å². The van der Waals surface area contributed by atoms with Gasteiger partial charge >= 0.3 is 12.1 Å². The molecule has 1 fully saturated rings. The number of likely N-dealkylation sites (tertiary alicyclic amines) is 1. The Balaban J connectivity index is 1.58. The van der Waals surface area contributed by atoms with Crippen LogP contribution >= 0.6 is 0 Å². The summed E-state index contributed by atoms with van der Waals surface area (Å²) in [6, 6.07) is 14.5. The SMILES string of the molecule is CON(C(=O)C1(C(=O)OC(C)(C)C)CCN(C(=O)OCc2ccccc2)CC1)c1ccnc2cccnc12. The van der Waals surface area contributed by atoms with E-state index >= 15 is 0 Å². The van der Waals surface area contributed by atoms with Gasteiger partial charge in [-0.25, -0.2) is 4.79 Å². The van der Waals surface area contributed by atoms with E-state index in [4.69, 9.17) is 14.3 Å². The molecule has 0 spiro atoms. The zero-order valence-electron chi connectivity index (χ0n) is 22.0. The Labute approximate surface area is 221 Å². The third kappa shape index (κ3) is 5.75. The van der Waals surface area contributed by atoms with Crippen molar-refractivity contribution in [3.8, 4) is 0 Å². The zero-order chi connectivity index (χ0) is 27.3. The number of carbonyl (C=O) groups excluding carboxylic acids is 3. The number of nitrogens with zero attached hydrogens (tertiary/aromatic N) is 4. The molecule has 3 aromatic rings. The largest absolute Gasteiger partial charge is 0.459 e. The second kappa shape index (κ2) is 11.1. The molecule has 0 radical (unpaired) electrons. The number of esters is 1. The number of carbonyl (C=O) groups is 3. The molecular weight excluding hydrogens is 488 g/mol. The first-order valence-electron chi connectivity index (χ1n) is 12.4. The smallest absolute Gasteiger partial charge is 0.410 e. The van der Waals surface area contributed by atoms with Gasteiger partial charge in [-0.2, -0.15) is 5.06 Å². The van der Waals surface area contributed by atoms with Crippen molar-refractivity contribution in [1.29, 1.82) is 0 Å². The second-order valence-electron chi connectivity index (χ2n) is 10.1. The Morgan fingerprint density at radius 3 is 2.34 bits per heavy atom. The fourth-order valence-corrected chi connectivity index (χ4v) is 4.38. The molecule has 10 heteroatoms. The number of ether oxygens (including phenoxy) is 2. The van der Waals surface area contributed by atoms with E-state index in [0.29, 0.717) is 16.7 Å². The van der Waals surface area contributed by atoms with Gasteiger partial charge in [0.05, 0.1) is 12.6 Å². The lowest BCUT2D eigenvalue weighted by atomic mass is 9.77. The zero-order valence-corrected chi connectivity index (χ0v) is 22.0. The fraction of sp³-hybridized carbons (Fsp3) is 0.393. The van der Waals surface area contributed by atoms with Crippen LogP contribution in [0.4, 0.5) is 10.5 Å². The van der Waals surface area contributed by atoms with Gasteiger partial charge in [0, 0.05) is 25.5 Å². The molecule has 0 atom stereocenters. The van der Waals surface area contributed by atoms with E-state index in [-0.39, 0.29) is 32.5 Å².